The molecular formula is C14H16O6S. The number of para-hydroxylation sites is 1. The summed E-state index contributed by atoms with van der Waals surface area (Å²) < 4.78 is 39.0. The van der Waals surface area contributed by atoms with Crippen LogP contribution in [0.2, 0.25) is 0 Å². The van der Waals surface area contributed by atoms with Crippen LogP contribution in [-0.2, 0) is 26.0 Å². The average Bonchev–Trinajstić information content (AvgIpc) is 2.85. The fraction of sp³-hybridized carbons (Fsp3) is 0.500. The summed E-state index contributed by atoms with van der Waals surface area (Å²) in [5, 5.41) is 0. The highest BCUT2D eigenvalue weighted by molar-refractivity contribution is 7.91. The summed E-state index contributed by atoms with van der Waals surface area (Å²) in [6.07, 6.45) is 0.341. The Morgan fingerprint density at radius 3 is 2.86 bits per heavy atom. The second-order valence-electron chi connectivity index (χ2n) is 5.15. The standard InChI is InChI=1S/C14H16O6S/c15-14(11-4-7-21(16,17)9-11)20-8-10-2-1-3-12-13(10)19-6-5-18-12/h1-3,11H,4-9H2. The summed E-state index contributed by atoms with van der Waals surface area (Å²) in [5.41, 5.74) is 0.724. The normalized spacial score (nSPS) is 22.8. The van der Waals surface area contributed by atoms with Crippen LogP contribution in [0.4, 0.5) is 0 Å². The summed E-state index contributed by atoms with van der Waals surface area (Å²) in [7, 11) is -3.08. The van der Waals surface area contributed by atoms with Gasteiger partial charge in [0.1, 0.15) is 19.8 Å². The average molecular weight is 312 g/mol. The molecule has 1 aromatic carbocycles. The monoisotopic (exact) mass is 312 g/mol. The van der Waals surface area contributed by atoms with Crippen LogP contribution in [0, 0.1) is 5.92 Å². The molecule has 2 aliphatic heterocycles. The maximum absolute atomic E-state index is 11.9. The molecule has 21 heavy (non-hydrogen) atoms. The lowest BCUT2D eigenvalue weighted by atomic mass is 10.1. The maximum Gasteiger partial charge on any atom is 0.310 e. The minimum absolute atomic E-state index is 0.0575. The molecule has 2 aliphatic rings. The third-order valence-electron chi connectivity index (χ3n) is 3.58. The highest BCUT2D eigenvalue weighted by atomic mass is 32.2. The van der Waals surface area contributed by atoms with Crippen molar-refractivity contribution < 1.29 is 27.4 Å². The predicted molar refractivity (Wildman–Crippen MR) is 74.0 cm³/mol. The lowest BCUT2D eigenvalue weighted by Gasteiger charge is -2.21. The first-order valence-electron chi connectivity index (χ1n) is 6.80. The van der Waals surface area contributed by atoms with Gasteiger partial charge in [-0.2, -0.15) is 0 Å². The number of hydrogen-bond donors (Lipinski definition) is 0. The van der Waals surface area contributed by atoms with Gasteiger partial charge in [-0.15, -0.1) is 0 Å². The van der Waals surface area contributed by atoms with Crippen LogP contribution in [0.1, 0.15) is 12.0 Å². The molecule has 0 aromatic heterocycles. The van der Waals surface area contributed by atoms with Gasteiger partial charge in [-0.1, -0.05) is 12.1 Å². The fourth-order valence-corrected chi connectivity index (χ4v) is 4.22. The number of sulfone groups is 1. The number of benzene rings is 1. The third kappa shape index (κ3) is 3.12. The van der Waals surface area contributed by atoms with Gasteiger partial charge in [0.25, 0.3) is 0 Å². The van der Waals surface area contributed by atoms with Gasteiger partial charge in [-0.3, -0.25) is 4.79 Å². The van der Waals surface area contributed by atoms with E-state index in [1.54, 1.807) is 18.2 Å². The molecule has 0 saturated carbocycles. The Bertz CT molecular complexity index is 651. The van der Waals surface area contributed by atoms with Gasteiger partial charge in [0.15, 0.2) is 21.3 Å². The van der Waals surface area contributed by atoms with Gasteiger partial charge >= 0.3 is 5.97 Å². The number of hydrogen-bond acceptors (Lipinski definition) is 6. The second-order valence-corrected chi connectivity index (χ2v) is 7.38. The third-order valence-corrected chi connectivity index (χ3v) is 5.35. The smallest absolute Gasteiger partial charge is 0.310 e. The molecule has 1 saturated heterocycles. The molecule has 1 atom stereocenters. The number of rotatable bonds is 3. The predicted octanol–water partition coefficient (Wildman–Crippen LogP) is 0.936. The van der Waals surface area contributed by atoms with Crippen molar-refractivity contribution in [2.24, 2.45) is 5.92 Å². The van der Waals surface area contributed by atoms with Crippen LogP contribution in [0.5, 0.6) is 11.5 Å². The van der Waals surface area contributed by atoms with Gasteiger partial charge < -0.3 is 14.2 Å². The molecule has 2 heterocycles. The SMILES string of the molecule is O=C(OCc1cccc2c1OCCO2)C1CCS(=O)(=O)C1. The topological polar surface area (TPSA) is 78.9 Å². The zero-order valence-corrected chi connectivity index (χ0v) is 12.2. The van der Waals surface area contributed by atoms with Crippen LogP contribution in [0.15, 0.2) is 18.2 Å². The number of carbonyl (C=O) groups excluding carboxylic acids is 1. The quantitative estimate of drug-likeness (QED) is 0.773. The van der Waals surface area contributed by atoms with E-state index in [0.29, 0.717) is 31.1 Å². The van der Waals surface area contributed by atoms with Crippen molar-refractivity contribution in [3.63, 3.8) is 0 Å². The van der Waals surface area contributed by atoms with E-state index in [1.807, 2.05) is 0 Å². The highest BCUT2D eigenvalue weighted by Gasteiger charge is 2.34. The van der Waals surface area contributed by atoms with E-state index in [1.165, 1.54) is 0 Å². The maximum atomic E-state index is 11.9. The van der Waals surface area contributed by atoms with Crippen molar-refractivity contribution >= 4 is 15.8 Å². The van der Waals surface area contributed by atoms with Crippen molar-refractivity contribution in [3.05, 3.63) is 23.8 Å². The van der Waals surface area contributed by atoms with E-state index >= 15 is 0 Å². The minimum Gasteiger partial charge on any atom is -0.486 e. The van der Waals surface area contributed by atoms with Crippen LogP contribution >= 0.6 is 0 Å². The molecule has 0 bridgehead atoms. The molecule has 1 unspecified atom stereocenters. The molecule has 0 radical (unpaired) electrons. The van der Waals surface area contributed by atoms with E-state index in [4.69, 9.17) is 14.2 Å². The van der Waals surface area contributed by atoms with Crippen molar-refractivity contribution in [2.45, 2.75) is 13.0 Å². The van der Waals surface area contributed by atoms with Crippen LogP contribution in [-0.4, -0.2) is 39.1 Å². The molecule has 0 aliphatic carbocycles. The second kappa shape index (κ2) is 5.55. The largest absolute Gasteiger partial charge is 0.486 e. The molecule has 0 N–H and O–H groups in total. The van der Waals surface area contributed by atoms with Crippen LogP contribution < -0.4 is 9.47 Å². The fourth-order valence-electron chi connectivity index (χ4n) is 2.50. The molecule has 114 valence electrons. The van der Waals surface area contributed by atoms with E-state index in [-0.39, 0.29) is 18.1 Å². The Balaban J connectivity index is 1.64. The summed E-state index contributed by atoms with van der Waals surface area (Å²) in [6, 6.07) is 5.40. The van der Waals surface area contributed by atoms with E-state index in [2.05, 4.69) is 0 Å². The number of carbonyl (C=O) groups is 1. The first-order chi connectivity index (χ1) is 10.1. The molecule has 7 heteroatoms. The first-order valence-corrected chi connectivity index (χ1v) is 8.62. The molecule has 6 nitrogen and oxygen atoms in total. The molecule has 1 aromatic rings. The van der Waals surface area contributed by atoms with Crippen molar-refractivity contribution in [1.29, 1.82) is 0 Å². The van der Waals surface area contributed by atoms with Crippen molar-refractivity contribution in [1.82, 2.24) is 0 Å². The highest BCUT2D eigenvalue weighted by Crippen LogP contribution is 2.34. The summed E-state index contributed by atoms with van der Waals surface area (Å²) in [6.45, 7) is 1.01. The zero-order chi connectivity index (χ0) is 14.9. The van der Waals surface area contributed by atoms with E-state index in [9.17, 15) is 13.2 Å². The number of esters is 1. The van der Waals surface area contributed by atoms with E-state index < -0.39 is 21.7 Å². The number of fused-ring (bicyclic) bond motifs is 1. The lowest BCUT2D eigenvalue weighted by molar-refractivity contribution is -0.149. The van der Waals surface area contributed by atoms with Gasteiger partial charge in [-0.05, 0) is 12.5 Å². The Morgan fingerprint density at radius 2 is 2.10 bits per heavy atom. The lowest BCUT2D eigenvalue weighted by Crippen LogP contribution is -2.20. The van der Waals surface area contributed by atoms with Gasteiger partial charge in [0.2, 0.25) is 0 Å². The van der Waals surface area contributed by atoms with Gasteiger partial charge in [0.05, 0.1) is 17.4 Å². The molecule has 1 fully saturated rings. The van der Waals surface area contributed by atoms with Crippen molar-refractivity contribution in [3.8, 4) is 11.5 Å². The van der Waals surface area contributed by atoms with Gasteiger partial charge in [-0.25, -0.2) is 8.42 Å². The Kier molecular flexibility index (Phi) is 3.75. The Labute approximate surface area is 122 Å². The molecule has 0 amide bonds. The Hall–Kier alpha value is -1.76. The summed E-state index contributed by atoms with van der Waals surface area (Å²) in [5.74, 6) is 0.161. The first kappa shape index (κ1) is 14.2. The summed E-state index contributed by atoms with van der Waals surface area (Å²) in [4.78, 5) is 11.9. The van der Waals surface area contributed by atoms with E-state index in [0.717, 1.165) is 5.56 Å². The Morgan fingerprint density at radius 1 is 1.29 bits per heavy atom. The van der Waals surface area contributed by atoms with Crippen LogP contribution in [0.25, 0.3) is 0 Å². The molecular weight excluding hydrogens is 296 g/mol. The van der Waals surface area contributed by atoms with Crippen LogP contribution in [0.3, 0.4) is 0 Å². The minimum atomic E-state index is -3.08. The number of ether oxygens (including phenoxy) is 3. The zero-order valence-electron chi connectivity index (χ0n) is 11.4. The molecule has 0 spiro atoms. The van der Waals surface area contributed by atoms with Crippen molar-refractivity contribution in [2.75, 3.05) is 24.7 Å². The summed E-state index contributed by atoms with van der Waals surface area (Å²) >= 11 is 0. The van der Waals surface area contributed by atoms with Gasteiger partial charge in [0, 0.05) is 5.56 Å². The molecule has 3 rings (SSSR count).